The second-order valence-corrected chi connectivity index (χ2v) is 5.68. The molecule has 1 amide bonds. The summed E-state index contributed by atoms with van der Waals surface area (Å²) in [6, 6.07) is 6.45. The first-order chi connectivity index (χ1) is 9.57. The minimum atomic E-state index is -0.254. The molecule has 20 heavy (non-hydrogen) atoms. The fourth-order valence-corrected chi connectivity index (χ4v) is 3.01. The van der Waals surface area contributed by atoms with Crippen molar-refractivity contribution in [1.29, 1.82) is 0 Å². The molecule has 1 N–H and O–H groups in total. The van der Waals surface area contributed by atoms with Crippen molar-refractivity contribution >= 4 is 5.91 Å². The Morgan fingerprint density at radius 3 is 2.70 bits per heavy atom. The van der Waals surface area contributed by atoms with E-state index in [0.29, 0.717) is 6.54 Å². The lowest BCUT2D eigenvalue weighted by molar-refractivity contribution is -0.143. The number of halogens is 1. The van der Waals surface area contributed by atoms with Crippen LogP contribution in [0.5, 0.6) is 0 Å². The third-order valence-corrected chi connectivity index (χ3v) is 4.35. The zero-order valence-electron chi connectivity index (χ0n) is 12.3. The molecule has 1 aromatic carbocycles. The summed E-state index contributed by atoms with van der Waals surface area (Å²) in [5.74, 6) is -0.0684. The normalized spacial score (nSPS) is 17.8. The number of nitrogens with one attached hydrogen (secondary N) is 1. The van der Waals surface area contributed by atoms with Gasteiger partial charge in [-0.1, -0.05) is 19.1 Å². The SMILES string of the molecule is CCC1(C(=O)N(C)Cc2cccc(F)c2)CCNCC1. The molecule has 0 bridgehead atoms. The van der Waals surface area contributed by atoms with Gasteiger partial charge >= 0.3 is 0 Å². The molecule has 2 rings (SSSR count). The third-order valence-electron chi connectivity index (χ3n) is 4.35. The van der Waals surface area contributed by atoms with E-state index in [1.807, 2.05) is 13.1 Å². The van der Waals surface area contributed by atoms with Crippen molar-refractivity contribution < 1.29 is 9.18 Å². The first-order valence-corrected chi connectivity index (χ1v) is 7.28. The molecule has 0 unspecified atom stereocenters. The third kappa shape index (κ3) is 3.18. The van der Waals surface area contributed by atoms with Crippen LogP contribution in [0.15, 0.2) is 24.3 Å². The van der Waals surface area contributed by atoms with Gasteiger partial charge in [-0.25, -0.2) is 4.39 Å². The maximum absolute atomic E-state index is 13.2. The highest BCUT2D eigenvalue weighted by molar-refractivity contribution is 5.82. The number of piperidine rings is 1. The van der Waals surface area contributed by atoms with E-state index in [9.17, 15) is 9.18 Å². The Balaban J connectivity index is 2.07. The Labute approximate surface area is 120 Å². The lowest BCUT2D eigenvalue weighted by Gasteiger charge is -2.38. The lowest BCUT2D eigenvalue weighted by atomic mass is 9.75. The van der Waals surface area contributed by atoms with Gasteiger partial charge in [0.25, 0.3) is 0 Å². The van der Waals surface area contributed by atoms with Crippen molar-refractivity contribution in [2.45, 2.75) is 32.7 Å². The van der Waals surface area contributed by atoms with Gasteiger partial charge in [-0.15, -0.1) is 0 Å². The molecule has 1 aliphatic rings. The fraction of sp³-hybridized carbons (Fsp3) is 0.562. The Hall–Kier alpha value is -1.42. The quantitative estimate of drug-likeness (QED) is 0.918. The summed E-state index contributed by atoms with van der Waals surface area (Å²) in [6.07, 6.45) is 2.63. The number of hydrogen-bond acceptors (Lipinski definition) is 2. The molecule has 1 fully saturated rings. The van der Waals surface area contributed by atoms with E-state index in [4.69, 9.17) is 0 Å². The summed E-state index contributed by atoms with van der Waals surface area (Å²) in [7, 11) is 1.81. The Kier molecular flexibility index (Phi) is 4.76. The highest BCUT2D eigenvalue weighted by Crippen LogP contribution is 2.34. The summed E-state index contributed by atoms with van der Waals surface area (Å²) < 4.78 is 13.2. The van der Waals surface area contributed by atoms with Gasteiger partial charge in [0.2, 0.25) is 5.91 Å². The molecule has 1 heterocycles. The number of amides is 1. The topological polar surface area (TPSA) is 32.3 Å². The molecule has 0 aromatic heterocycles. The number of benzene rings is 1. The molecular weight excluding hydrogens is 255 g/mol. The van der Waals surface area contributed by atoms with Crippen LogP contribution in [-0.2, 0) is 11.3 Å². The Morgan fingerprint density at radius 2 is 2.10 bits per heavy atom. The van der Waals surface area contributed by atoms with Crippen molar-refractivity contribution in [3.05, 3.63) is 35.6 Å². The predicted molar refractivity (Wildman–Crippen MR) is 77.7 cm³/mol. The molecule has 3 nitrogen and oxygen atoms in total. The monoisotopic (exact) mass is 278 g/mol. The largest absolute Gasteiger partial charge is 0.341 e. The smallest absolute Gasteiger partial charge is 0.228 e. The van der Waals surface area contributed by atoms with Crippen molar-refractivity contribution in [3.63, 3.8) is 0 Å². The molecule has 0 radical (unpaired) electrons. The average molecular weight is 278 g/mol. The zero-order valence-corrected chi connectivity index (χ0v) is 12.3. The maximum atomic E-state index is 13.2. The highest BCUT2D eigenvalue weighted by Gasteiger charge is 2.39. The van der Waals surface area contributed by atoms with Crippen LogP contribution in [-0.4, -0.2) is 30.9 Å². The predicted octanol–water partition coefficient (Wildman–Crippen LogP) is 2.56. The van der Waals surface area contributed by atoms with Gasteiger partial charge in [0.1, 0.15) is 5.82 Å². The first kappa shape index (κ1) is 15.0. The maximum Gasteiger partial charge on any atom is 0.228 e. The summed E-state index contributed by atoms with van der Waals surface area (Å²) in [4.78, 5) is 14.5. The van der Waals surface area contributed by atoms with Crippen molar-refractivity contribution in [3.8, 4) is 0 Å². The zero-order chi connectivity index (χ0) is 14.6. The first-order valence-electron chi connectivity index (χ1n) is 7.28. The van der Waals surface area contributed by atoms with Crippen LogP contribution in [0.4, 0.5) is 4.39 Å². The Morgan fingerprint density at radius 1 is 1.40 bits per heavy atom. The van der Waals surface area contributed by atoms with Gasteiger partial charge in [-0.2, -0.15) is 0 Å². The molecule has 0 spiro atoms. The molecule has 1 aromatic rings. The summed E-state index contributed by atoms with van der Waals surface area (Å²) in [5.41, 5.74) is 0.592. The fourth-order valence-electron chi connectivity index (χ4n) is 3.01. The minimum absolute atomic E-state index is 0.186. The summed E-state index contributed by atoms with van der Waals surface area (Å²) >= 11 is 0. The molecule has 0 aliphatic carbocycles. The number of carbonyl (C=O) groups is 1. The van der Waals surface area contributed by atoms with Crippen LogP contribution in [0.25, 0.3) is 0 Å². The Bertz CT molecular complexity index is 469. The van der Waals surface area contributed by atoms with Gasteiger partial charge in [0.05, 0.1) is 5.41 Å². The number of nitrogens with zero attached hydrogens (tertiary/aromatic N) is 1. The van der Waals surface area contributed by atoms with E-state index in [1.54, 1.807) is 11.0 Å². The highest BCUT2D eigenvalue weighted by atomic mass is 19.1. The molecule has 1 aliphatic heterocycles. The minimum Gasteiger partial charge on any atom is -0.341 e. The second-order valence-electron chi connectivity index (χ2n) is 5.68. The van der Waals surface area contributed by atoms with Crippen molar-refractivity contribution in [2.24, 2.45) is 5.41 Å². The van der Waals surface area contributed by atoms with Crippen LogP contribution in [0.1, 0.15) is 31.7 Å². The van der Waals surface area contributed by atoms with Gasteiger partial charge in [0.15, 0.2) is 0 Å². The molecule has 0 saturated carbocycles. The second kappa shape index (κ2) is 6.35. The van der Waals surface area contributed by atoms with E-state index in [-0.39, 0.29) is 17.1 Å². The van der Waals surface area contributed by atoms with E-state index >= 15 is 0 Å². The number of carbonyl (C=O) groups excluding carboxylic acids is 1. The van der Waals surface area contributed by atoms with Gasteiger partial charge in [0, 0.05) is 13.6 Å². The average Bonchev–Trinajstić information content (AvgIpc) is 2.47. The van der Waals surface area contributed by atoms with E-state index in [2.05, 4.69) is 12.2 Å². The standard InChI is InChI=1S/C16H23FN2O/c1-3-16(7-9-18-10-8-16)15(20)19(2)12-13-5-4-6-14(17)11-13/h4-6,11,18H,3,7-10,12H2,1-2H3. The molecule has 1 saturated heterocycles. The number of rotatable bonds is 4. The lowest BCUT2D eigenvalue weighted by Crippen LogP contribution is -2.47. The molecule has 4 heteroatoms. The van der Waals surface area contributed by atoms with Crippen molar-refractivity contribution in [1.82, 2.24) is 10.2 Å². The van der Waals surface area contributed by atoms with Crippen LogP contribution >= 0.6 is 0 Å². The van der Waals surface area contributed by atoms with Gasteiger partial charge in [-0.3, -0.25) is 4.79 Å². The molecule has 0 atom stereocenters. The van der Waals surface area contributed by atoms with E-state index in [1.165, 1.54) is 12.1 Å². The van der Waals surface area contributed by atoms with Crippen LogP contribution in [0, 0.1) is 11.2 Å². The van der Waals surface area contributed by atoms with Crippen LogP contribution < -0.4 is 5.32 Å². The summed E-state index contributed by atoms with van der Waals surface area (Å²) in [5, 5.41) is 3.30. The van der Waals surface area contributed by atoms with Crippen LogP contribution in [0.2, 0.25) is 0 Å². The molecule has 110 valence electrons. The van der Waals surface area contributed by atoms with Gasteiger partial charge < -0.3 is 10.2 Å². The van der Waals surface area contributed by atoms with Crippen molar-refractivity contribution in [2.75, 3.05) is 20.1 Å². The van der Waals surface area contributed by atoms with E-state index in [0.717, 1.165) is 37.9 Å². The van der Waals surface area contributed by atoms with E-state index < -0.39 is 0 Å². The molecular formula is C16H23FN2O. The van der Waals surface area contributed by atoms with Gasteiger partial charge in [-0.05, 0) is 50.0 Å². The summed E-state index contributed by atoms with van der Waals surface area (Å²) in [6.45, 7) is 4.34. The van der Waals surface area contributed by atoms with Crippen LogP contribution in [0.3, 0.4) is 0 Å². The number of hydrogen-bond donors (Lipinski definition) is 1.